The summed E-state index contributed by atoms with van der Waals surface area (Å²) in [6, 6.07) is 4.94. The van der Waals surface area contributed by atoms with Gasteiger partial charge in [-0.1, -0.05) is 6.92 Å². The van der Waals surface area contributed by atoms with Gasteiger partial charge in [-0.2, -0.15) is 0 Å². The third-order valence-electron chi connectivity index (χ3n) is 3.08. The van der Waals surface area contributed by atoms with E-state index in [1.165, 1.54) is 4.88 Å². The molecular weight excluding hydrogens is 312 g/mol. The lowest BCUT2D eigenvalue weighted by Crippen LogP contribution is -2.45. The van der Waals surface area contributed by atoms with E-state index in [-0.39, 0.29) is 12.1 Å². The third kappa shape index (κ3) is 4.03. The van der Waals surface area contributed by atoms with Gasteiger partial charge in [-0.3, -0.25) is 4.90 Å². The molecule has 18 heavy (non-hydrogen) atoms. The highest BCUT2D eigenvalue weighted by Crippen LogP contribution is 2.33. The van der Waals surface area contributed by atoms with Crippen LogP contribution in [0.5, 0.6) is 0 Å². The topological polar surface area (TPSA) is 38.5 Å². The van der Waals surface area contributed by atoms with Crippen molar-refractivity contribution in [1.82, 2.24) is 4.90 Å². The second-order valence-corrected chi connectivity index (χ2v) is 7.08. The summed E-state index contributed by atoms with van der Waals surface area (Å²) in [6.45, 7) is 8.12. The Hall–Kier alpha value is 0.0600. The lowest BCUT2D eigenvalue weighted by Gasteiger charge is -2.37. The Balaban J connectivity index is 2.95. The van der Waals surface area contributed by atoms with Crippen LogP contribution in [0.2, 0.25) is 0 Å². The molecule has 0 fully saturated rings. The van der Waals surface area contributed by atoms with Crippen LogP contribution in [0.25, 0.3) is 0 Å². The molecule has 0 aliphatic heterocycles. The molecule has 1 aromatic heterocycles. The van der Waals surface area contributed by atoms with Crippen molar-refractivity contribution in [2.75, 3.05) is 20.3 Å². The molecule has 1 aromatic rings. The number of likely N-dealkylation sites (N-methyl/N-ethyl adjacent to an activating group) is 1. The van der Waals surface area contributed by atoms with Crippen molar-refractivity contribution in [2.45, 2.75) is 38.9 Å². The van der Waals surface area contributed by atoms with Crippen molar-refractivity contribution in [3.05, 3.63) is 20.8 Å². The van der Waals surface area contributed by atoms with E-state index in [1.54, 1.807) is 18.4 Å². The zero-order chi connectivity index (χ0) is 13.7. The molecule has 0 radical (unpaired) electrons. The molecule has 0 amide bonds. The third-order valence-corrected chi connectivity index (χ3v) is 4.77. The fourth-order valence-corrected chi connectivity index (χ4v) is 3.99. The lowest BCUT2D eigenvalue weighted by molar-refractivity contribution is 0.0666. The largest absolute Gasteiger partial charge is 0.383 e. The van der Waals surface area contributed by atoms with E-state index in [9.17, 15) is 0 Å². The summed E-state index contributed by atoms with van der Waals surface area (Å²) >= 11 is 5.28. The monoisotopic (exact) mass is 334 g/mol. The first-order valence-corrected chi connectivity index (χ1v) is 7.87. The van der Waals surface area contributed by atoms with Crippen LogP contribution in [0.15, 0.2) is 15.9 Å². The fraction of sp³-hybridized carbons (Fsp3) is 0.692. The fourth-order valence-electron chi connectivity index (χ4n) is 2.33. The maximum Gasteiger partial charge on any atom is 0.0702 e. The minimum absolute atomic E-state index is 0.0924. The Bertz CT molecular complexity index is 357. The van der Waals surface area contributed by atoms with E-state index >= 15 is 0 Å². The highest BCUT2D eigenvalue weighted by atomic mass is 79.9. The van der Waals surface area contributed by atoms with Crippen molar-refractivity contribution in [2.24, 2.45) is 5.73 Å². The van der Waals surface area contributed by atoms with Crippen molar-refractivity contribution in [3.63, 3.8) is 0 Å². The molecule has 104 valence electrons. The van der Waals surface area contributed by atoms with Crippen LogP contribution in [0, 0.1) is 0 Å². The molecule has 3 nitrogen and oxygen atoms in total. The molecule has 3 atom stereocenters. The standard InChI is InChI=1S/C13H23BrN2OS/c1-5-16(9(2)8-17-4)13(10(3)15)11-6-7-12(14)18-11/h6-7,9-10,13H,5,8,15H2,1-4H3. The van der Waals surface area contributed by atoms with Crippen LogP contribution in [-0.2, 0) is 4.74 Å². The summed E-state index contributed by atoms with van der Waals surface area (Å²) in [5.74, 6) is 0. The maximum absolute atomic E-state index is 6.20. The normalized spacial score (nSPS) is 16.8. The number of halogens is 1. The zero-order valence-electron chi connectivity index (χ0n) is 11.5. The smallest absolute Gasteiger partial charge is 0.0702 e. The number of nitrogens with zero attached hydrogens (tertiary/aromatic N) is 1. The van der Waals surface area contributed by atoms with Crippen LogP contribution >= 0.6 is 27.3 Å². The molecule has 0 aliphatic carbocycles. The molecule has 5 heteroatoms. The van der Waals surface area contributed by atoms with Gasteiger partial charge in [0.2, 0.25) is 0 Å². The molecule has 0 saturated carbocycles. The predicted molar refractivity (Wildman–Crippen MR) is 82.1 cm³/mol. The number of hydrogen-bond acceptors (Lipinski definition) is 4. The lowest BCUT2D eigenvalue weighted by atomic mass is 10.0. The van der Waals surface area contributed by atoms with E-state index in [1.807, 2.05) is 0 Å². The first kappa shape index (κ1) is 16.1. The second kappa shape index (κ2) is 7.60. The van der Waals surface area contributed by atoms with Gasteiger partial charge in [0, 0.05) is 24.1 Å². The molecule has 0 aliphatic rings. The first-order valence-electron chi connectivity index (χ1n) is 6.26. The molecule has 0 spiro atoms. The number of hydrogen-bond donors (Lipinski definition) is 1. The SMILES string of the molecule is CCN(C(C)COC)C(c1ccc(Br)s1)C(C)N. The number of nitrogens with two attached hydrogens (primary N) is 1. The number of methoxy groups -OCH3 is 1. The van der Waals surface area contributed by atoms with Crippen LogP contribution in [-0.4, -0.2) is 37.2 Å². The van der Waals surface area contributed by atoms with E-state index in [4.69, 9.17) is 10.5 Å². The predicted octanol–water partition coefficient (Wildman–Crippen LogP) is 3.26. The van der Waals surface area contributed by atoms with Gasteiger partial charge in [0.1, 0.15) is 0 Å². The molecule has 0 bridgehead atoms. The van der Waals surface area contributed by atoms with Gasteiger partial charge in [0.05, 0.1) is 16.4 Å². The van der Waals surface area contributed by atoms with Crippen molar-refractivity contribution in [3.8, 4) is 0 Å². The Kier molecular flexibility index (Phi) is 6.81. The Morgan fingerprint density at radius 2 is 2.11 bits per heavy atom. The van der Waals surface area contributed by atoms with Crippen LogP contribution < -0.4 is 5.73 Å². The minimum atomic E-state index is 0.0924. The van der Waals surface area contributed by atoms with Gasteiger partial charge in [0.25, 0.3) is 0 Å². The van der Waals surface area contributed by atoms with Crippen LogP contribution in [0.3, 0.4) is 0 Å². The minimum Gasteiger partial charge on any atom is -0.383 e. The molecule has 0 saturated heterocycles. The van der Waals surface area contributed by atoms with Crippen molar-refractivity contribution in [1.29, 1.82) is 0 Å². The summed E-state index contributed by atoms with van der Waals surface area (Å²) in [4.78, 5) is 3.72. The highest BCUT2D eigenvalue weighted by Gasteiger charge is 2.27. The quantitative estimate of drug-likeness (QED) is 0.831. The summed E-state index contributed by atoms with van der Waals surface area (Å²) in [7, 11) is 1.74. The number of ether oxygens (including phenoxy) is 1. The Morgan fingerprint density at radius 3 is 2.50 bits per heavy atom. The zero-order valence-corrected chi connectivity index (χ0v) is 13.9. The van der Waals surface area contributed by atoms with Gasteiger partial charge in [-0.05, 0) is 48.5 Å². The van der Waals surface area contributed by atoms with Crippen molar-refractivity contribution < 1.29 is 4.74 Å². The first-order chi connectivity index (χ1) is 8.51. The Labute approximate surface area is 122 Å². The summed E-state index contributed by atoms with van der Waals surface area (Å²) < 4.78 is 6.42. The van der Waals surface area contributed by atoms with Gasteiger partial charge < -0.3 is 10.5 Å². The van der Waals surface area contributed by atoms with E-state index in [0.29, 0.717) is 6.04 Å². The van der Waals surface area contributed by atoms with E-state index in [0.717, 1.165) is 16.9 Å². The number of thiophene rings is 1. The molecule has 0 aromatic carbocycles. The van der Waals surface area contributed by atoms with Crippen LogP contribution in [0.1, 0.15) is 31.7 Å². The van der Waals surface area contributed by atoms with Crippen LogP contribution in [0.4, 0.5) is 0 Å². The summed E-state index contributed by atoms with van der Waals surface area (Å²) in [6.07, 6.45) is 0. The van der Waals surface area contributed by atoms with E-state index in [2.05, 4.69) is 53.7 Å². The second-order valence-electron chi connectivity index (χ2n) is 4.58. The van der Waals surface area contributed by atoms with Crippen molar-refractivity contribution >= 4 is 27.3 Å². The van der Waals surface area contributed by atoms with Gasteiger partial charge >= 0.3 is 0 Å². The van der Waals surface area contributed by atoms with Gasteiger partial charge in [-0.15, -0.1) is 11.3 Å². The Morgan fingerprint density at radius 1 is 1.44 bits per heavy atom. The number of rotatable bonds is 7. The maximum atomic E-state index is 6.20. The molecular formula is C13H23BrN2OS. The summed E-state index contributed by atoms with van der Waals surface area (Å²) in [5.41, 5.74) is 6.20. The summed E-state index contributed by atoms with van der Waals surface area (Å²) in [5, 5.41) is 0. The van der Waals surface area contributed by atoms with Gasteiger partial charge in [-0.25, -0.2) is 0 Å². The molecule has 2 N–H and O–H groups in total. The van der Waals surface area contributed by atoms with Gasteiger partial charge in [0.15, 0.2) is 0 Å². The molecule has 1 heterocycles. The molecule has 1 rings (SSSR count). The highest BCUT2D eigenvalue weighted by molar-refractivity contribution is 9.11. The average Bonchev–Trinajstić information content (AvgIpc) is 2.71. The average molecular weight is 335 g/mol. The molecule has 3 unspecified atom stereocenters. The van der Waals surface area contributed by atoms with E-state index < -0.39 is 0 Å².